The van der Waals surface area contributed by atoms with Gasteiger partial charge in [-0.2, -0.15) is 0 Å². The highest BCUT2D eigenvalue weighted by Crippen LogP contribution is 2.29. The minimum absolute atomic E-state index is 0.197. The molecule has 0 saturated carbocycles. The second-order valence-corrected chi connectivity index (χ2v) is 3.53. The van der Waals surface area contributed by atoms with Crippen LogP contribution in [0.3, 0.4) is 0 Å². The van der Waals surface area contributed by atoms with E-state index in [0.29, 0.717) is 0 Å². The van der Waals surface area contributed by atoms with Crippen LogP contribution in [0.1, 0.15) is 17.2 Å². The third-order valence-electron chi connectivity index (χ3n) is 2.56. The Balaban J connectivity index is 2.63. The van der Waals surface area contributed by atoms with Crippen LogP contribution in [-0.2, 0) is 11.2 Å². The summed E-state index contributed by atoms with van der Waals surface area (Å²) in [6, 6.07) is -0.469. The highest BCUT2D eigenvalue weighted by atomic mass is 19.2. The molecule has 2 N–H and O–H groups in total. The predicted molar refractivity (Wildman–Crippen MR) is 48.4 cm³/mol. The van der Waals surface area contributed by atoms with Crippen molar-refractivity contribution < 1.29 is 23.1 Å². The number of fused-ring (bicyclic) bond motifs is 1. The molecule has 1 aromatic rings. The fraction of sp³-hybridized carbons (Fsp3) is 0.300. The lowest BCUT2D eigenvalue weighted by Gasteiger charge is -2.24. The van der Waals surface area contributed by atoms with Crippen molar-refractivity contribution in [3.8, 4) is 0 Å². The molecule has 2 rings (SSSR count). The summed E-state index contributed by atoms with van der Waals surface area (Å²) in [6.07, 6.45) is 0.271. The number of carbonyl (C=O) groups is 1. The largest absolute Gasteiger partial charge is 0.480 e. The molecule has 1 aliphatic rings. The summed E-state index contributed by atoms with van der Waals surface area (Å²) in [5, 5.41) is 11.4. The summed E-state index contributed by atoms with van der Waals surface area (Å²) < 4.78 is 39.3. The molecule has 1 atom stereocenters. The number of halogens is 3. The number of nitrogens with one attached hydrogen (secondary N) is 1. The number of hydrogen-bond acceptors (Lipinski definition) is 2. The van der Waals surface area contributed by atoms with Gasteiger partial charge in [0, 0.05) is 12.1 Å². The van der Waals surface area contributed by atoms with Crippen LogP contribution < -0.4 is 5.32 Å². The van der Waals surface area contributed by atoms with Gasteiger partial charge in [-0.1, -0.05) is 0 Å². The number of benzene rings is 1. The first-order valence-electron chi connectivity index (χ1n) is 4.65. The van der Waals surface area contributed by atoms with E-state index in [1.165, 1.54) is 0 Å². The quantitative estimate of drug-likeness (QED) is 0.718. The minimum Gasteiger partial charge on any atom is -0.480 e. The van der Waals surface area contributed by atoms with E-state index in [1.54, 1.807) is 0 Å². The molecule has 3 nitrogen and oxygen atoms in total. The zero-order valence-corrected chi connectivity index (χ0v) is 8.06. The maximum absolute atomic E-state index is 13.4. The zero-order chi connectivity index (χ0) is 11.9. The van der Waals surface area contributed by atoms with Crippen LogP contribution in [0.4, 0.5) is 13.2 Å². The Morgan fingerprint density at radius 1 is 1.38 bits per heavy atom. The van der Waals surface area contributed by atoms with Crippen molar-refractivity contribution in [2.24, 2.45) is 0 Å². The predicted octanol–water partition coefficient (Wildman–Crippen LogP) is 1.38. The smallest absolute Gasteiger partial charge is 0.325 e. The Hall–Kier alpha value is -1.56. The maximum atomic E-state index is 13.4. The first kappa shape index (κ1) is 10.9. The Bertz CT molecular complexity index is 462. The van der Waals surface area contributed by atoms with Crippen molar-refractivity contribution in [1.82, 2.24) is 5.32 Å². The van der Waals surface area contributed by atoms with Crippen LogP contribution in [0.2, 0.25) is 0 Å². The molecule has 0 fully saturated rings. The SMILES string of the molecule is O=C(O)C1NCCc2cc(F)c(F)c(F)c21. The van der Waals surface area contributed by atoms with Gasteiger partial charge in [0.15, 0.2) is 17.5 Å². The van der Waals surface area contributed by atoms with Crippen LogP contribution in [0, 0.1) is 17.5 Å². The van der Waals surface area contributed by atoms with Crippen molar-refractivity contribution in [2.45, 2.75) is 12.5 Å². The van der Waals surface area contributed by atoms with E-state index in [1.807, 2.05) is 0 Å². The lowest BCUT2D eigenvalue weighted by Crippen LogP contribution is -2.36. The summed E-state index contributed by atoms with van der Waals surface area (Å²) in [6.45, 7) is 0.286. The third kappa shape index (κ3) is 1.55. The standard InChI is InChI=1S/C10H8F3NO2/c11-5-3-4-1-2-14-9(10(15)16)6(4)8(13)7(5)12/h3,9,14H,1-2H2,(H,15,16). The van der Waals surface area contributed by atoms with Gasteiger partial charge in [0.2, 0.25) is 0 Å². The van der Waals surface area contributed by atoms with Crippen molar-refractivity contribution in [2.75, 3.05) is 6.54 Å². The van der Waals surface area contributed by atoms with Crippen LogP contribution in [0.25, 0.3) is 0 Å². The molecular formula is C10H8F3NO2. The van der Waals surface area contributed by atoms with Crippen molar-refractivity contribution in [3.05, 3.63) is 34.6 Å². The van der Waals surface area contributed by atoms with E-state index >= 15 is 0 Å². The molecule has 0 aromatic heterocycles. The van der Waals surface area contributed by atoms with Crippen molar-refractivity contribution >= 4 is 5.97 Å². The van der Waals surface area contributed by atoms with Crippen LogP contribution in [0.5, 0.6) is 0 Å². The van der Waals surface area contributed by atoms with Gasteiger partial charge in [-0.15, -0.1) is 0 Å². The monoisotopic (exact) mass is 231 g/mol. The maximum Gasteiger partial charge on any atom is 0.325 e. The van der Waals surface area contributed by atoms with E-state index < -0.39 is 29.5 Å². The molecule has 6 heteroatoms. The van der Waals surface area contributed by atoms with Crippen molar-refractivity contribution in [1.29, 1.82) is 0 Å². The summed E-state index contributed by atoms with van der Waals surface area (Å²) in [4.78, 5) is 10.8. The summed E-state index contributed by atoms with van der Waals surface area (Å²) in [7, 11) is 0. The topological polar surface area (TPSA) is 49.3 Å². The molecule has 0 saturated heterocycles. The van der Waals surface area contributed by atoms with Gasteiger partial charge in [-0.05, 0) is 18.1 Å². The number of rotatable bonds is 1. The van der Waals surface area contributed by atoms with E-state index in [4.69, 9.17) is 5.11 Å². The van der Waals surface area contributed by atoms with Gasteiger partial charge in [0.1, 0.15) is 6.04 Å². The molecule has 1 aromatic carbocycles. The summed E-state index contributed by atoms with van der Waals surface area (Å²) in [5.74, 6) is -5.66. The van der Waals surface area contributed by atoms with E-state index in [0.717, 1.165) is 6.07 Å². The zero-order valence-electron chi connectivity index (χ0n) is 8.06. The van der Waals surface area contributed by atoms with E-state index in [9.17, 15) is 18.0 Å². The van der Waals surface area contributed by atoms with Crippen LogP contribution in [0.15, 0.2) is 6.07 Å². The minimum atomic E-state index is -1.63. The molecule has 1 aliphatic heterocycles. The Morgan fingerprint density at radius 3 is 2.69 bits per heavy atom. The molecule has 1 heterocycles. The fourth-order valence-corrected chi connectivity index (χ4v) is 1.84. The average molecular weight is 231 g/mol. The van der Waals surface area contributed by atoms with Gasteiger partial charge in [-0.3, -0.25) is 4.79 Å². The van der Waals surface area contributed by atoms with Gasteiger partial charge >= 0.3 is 5.97 Å². The molecule has 0 aliphatic carbocycles. The van der Waals surface area contributed by atoms with Gasteiger partial charge in [0.05, 0.1) is 0 Å². The normalized spacial score (nSPS) is 19.3. The summed E-state index contributed by atoms with van der Waals surface area (Å²) >= 11 is 0. The summed E-state index contributed by atoms with van der Waals surface area (Å²) in [5.41, 5.74) is -0.111. The van der Waals surface area contributed by atoms with E-state index in [-0.39, 0.29) is 24.1 Å². The van der Waals surface area contributed by atoms with Gasteiger partial charge in [0.25, 0.3) is 0 Å². The first-order valence-corrected chi connectivity index (χ1v) is 4.65. The first-order chi connectivity index (χ1) is 7.52. The lowest BCUT2D eigenvalue weighted by atomic mass is 9.93. The Morgan fingerprint density at radius 2 is 2.06 bits per heavy atom. The second-order valence-electron chi connectivity index (χ2n) is 3.53. The van der Waals surface area contributed by atoms with E-state index in [2.05, 4.69) is 5.32 Å². The molecule has 0 spiro atoms. The number of hydrogen-bond donors (Lipinski definition) is 2. The second kappa shape index (κ2) is 3.79. The molecule has 0 radical (unpaired) electrons. The van der Waals surface area contributed by atoms with Crippen LogP contribution in [-0.4, -0.2) is 17.6 Å². The fourth-order valence-electron chi connectivity index (χ4n) is 1.84. The average Bonchev–Trinajstić information content (AvgIpc) is 2.25. The van der Waals surface area contributed by atoms with Crippen molar-refractivity contribution in [3.63, 3.8) is 0 Å². The lowest BCUT2D eigenvalue weighted by molar-refractivity contribution is -0.139. The Kier molecular flexibility index (Phi) is 2.59. The third-order valence-corrected chi connectivity index (χ3v) is 2.56. The van der Waals surface area contributed by atoms with Crippen LogP contribution >= 0.6 is 0 Å². The molecule has 16 heavy (non-hydrogen) atoms. The van der Waals surface area contributed by atoms with Gasteiger partial charge in [-0.25, -0.2) is 13.2 Å². The number of aliphatic carboxylic acids is 1. The molecule has 1 unspecified atom stereocenters. The Labute approximate surface area is 88.9 Å². The molecular weight excluding hydrogens is 223 g/mol. The molecule has 0 amide bonds. The molecule has 0 bridgehead atoms. The highest BCUT2D eigenvalue weighted by Gasteiger charge is 2.31. The number of carboxylic acid groups (broad SMARTS) is 1. The van der Waals surface area contributed by atoms with Gasteiger partial charge < -0.3 is 10.4 Å². The number of carboxylic acids is 1. The molecule has 86 valence electrons. The highest BCUT2D eigenvalue weighted by molar-refractivity contribution is 5.76.